The Morgan fingerprint density at radius 2 is 1.32 bits per heavy atom. The molecule has 8 N–H and O–H groups in total. The molecule has 0 radical (unpaired) electrons. The Kier molecular flexibility index (Phi) is 8.62. The minimum absolute atomic E-state index is 0.0533. The molecular formula is C28H40N10O10P2. The van der Waals surface area contributed by atoms with Crippen LogP contribution >= 0.6 is 15.6 Å². The molecule has 4 saturated carbocycles. The van der Waals surface area contributed by atoms with E-state index in [1.807, 2.05) is 18.5 Å². The lowest BCUT2D eigenvalue weighted by Crippen LogP contribution is -2.26. The molecule has 4 aliphatic rings. The Hall–Kier alpha value is -3.16. The average Bonchev–Trinajstić information content (AvgIpc) is 3.75. The van der Waals surface area contributed by atoms with Crippen LogP contribution in [-0.4, -0.2) is 108 Å². The van der Waals surface area contributed by atoms with Gasteiger partial charge in [-0.2, -0.15) is 0 Å². The molecule has 50 heavy (non-hydrogen) atoms. The highest BCUT2D eigenvalue weighted by molar-refractivity contribution is 7.46. The fourth-order valence-corrected chi connectivity index (χ4v) is 9.34. The predicted molar refractivity (Wildman–Crippen MR) is 176 cm³/mol. The van der Waals surface area contributed by atoms with Gasteiger partial charge in [0.25, 0.3) is 0 Å². The first kappa shape index (κ1) is 35.3. The van der Waals surface area contributed by atoms with E-state index < -0.39 is 33.3 Å². The molecule has 4 aliphatic carbocycles. The number of aromatic nitrogens is 8. The van der Waals surface area contributed by atoms with Gasteiger partial charge >= 0.3 is 15.6 Å². The number of phosphoric ester groups is 2. The van der Waals surface area contributed by atoms with E-state index in [0.717, 1.165) is 23.4 Å². The zero-order valence-electron chi connectivity index (χ0n) is 27.6. The smallest absolute Gasteiger partial charge is 0.396 e. The Labute approximate surface area is 285 Å². The maximum atomic E-state index is 11.5. The number of anilines is 2. The molecule has 22 heteroatoms. The van der Waals surface area contributed by atoms with E-state index in [2.05, 4.69) is 45.1 Å². The van der Waals surface area contributed by atoms with Crippen molar-refractivity contribution in [2.24, 2.45) is 22.7 Å². The van der Waals surface area contributed by atoms with Gasteiger partial charge < -0.3 is 49.6 Å². The summed E-state index contributed by atoms with van der Waals surface area (Å²) in [5.41, 5.74) is 1.45. The second kappa shape index (κ2) is 12.2. The number of hydrogen-bond donors (Lipinski definition) is 8. The molecule has 20 nitrogen and oxygen atoms in total. The van der Waals surface area contributed by atoms with Crippen LogP contribution in [-0.2, 0) is 18.2 Å². The van der Waals surface area contributed by atoms with Gasteiger partial charge in [-0.25, -0.2) is 39.0 Å². The Balaban J connectivity index is 0.000000165. The second-order valence-corrected chi connectivity index (χ2v) is 16.0. The van der Waals surface area contributed by atoms with Gasteiger partial charge in [0.15, 0.2) is 22.9 Å². The first-order valence-electron chi connectivity index (χ1n) is 16.0. The second-order valence-electron chi connectivity index (χ2n) is 13.6. The maximum Gasteiger partial charge on any atom is 0.469 e. The molecular weight excluding hydrogens is 698 g/mol. The number of nitrogens with zero attached hydrogens (tertiary/aromatic N) is 8. The molecule has 0 unspecified atom stereocenters. The van der Waals surface area contributed by atoms with E-state index in [1.165, 1.54) is 0 Å². The van der Waals surface area contributed by atoms with E-state index in [4.69, 9.17) is 14.3 Å². The maximum absolute atomic E-state index is 11.5. The standard InChI is InChI=1S/C14H21N5O8P2.C14H19N5O2/c1-7-17-12(15-2)11-13(18-7)19(6-16-11)9-3-10(27-29(23,24)25)14(4-8(9)14)5-26-28(20,21)22;1-7-17-12(15-2)11-13(18-7)19(6-16-11)9-3-10(21)14(5-20)4-8(9)14/h6,8-10H,3-5H2,1-2H3,(H,15,17,18)(H2,20,21,22)(H2,23,24,25);6,8-10,20-21H,3-5H2,1-2H3,(H,15,17,18)/t2*8-,9+,10+,14+/m11/s1. The van der Waals surface area contributed by atoms with Crippen LogP contribution in [0.4, 0.5) is 11.6 Å². The molecule has 8 rings (SSSR count). The van der Waals surface area contributed by atoms with E-state index in [9.17, 15) is 29.1 Å². The normalized spacial score (nSPS) is 31.3. The summed E-state index contributed by atoms with van der Waals surface area (Å²) in [4.78, 5) is 63.1. The highest BCUT2D eigenvalue weighted by Crippen LogP contribution is 2.71. The summed E-state index contributed by atoms with van der Waals surface area (Å²) in [5.74, 6) is 2.63. The monoisotopic (exact) mass is 738 g/mol. The van der Waals surface area contributed by atoms with Crippen LogP contribution in [0.2, 0.25) is 0 Å². The van der Waals surface area contributed by atoms with Crippen molar-refractivity contribution in [1.82, 2.24) is 39.0 Å². The SMILES string of the molecule is CNc1nc(C)nc2c1ncn2[C@H]1C[C@H](O)[C@]2(CO)C[C@H]12.CNc1nc(C)nc2c1ncn2[C@H]1C[C@H](OP(=O)(O)O)[C@]2(COP(=O)(O)O)C[C@H]12. The molecule has 0 aromatic carbocycles. The minimum Gasteiger partial charge on any atom is -0.396 e. The first-order valence-corrected chi connectivity index (χ1v) is 19.1. The number of phosphoric acid groups is 2. The molecule has 0 aliphatic heterocycles. The summed E-state index contributed by atoms with van der Waals surface area (Å²) in [5, 5.41) is 25.8. The van der Waals surface area contributed by atoms with Crippen molar-refractivity contribution in [3.63, 3.8) is 0 Å². The minimum atomic E-state index is -4.81. The van der Waals surface area contributed by atoms with Crippen LogP contribution in [0.1, 0.15) is 49.4 Å². The van der Waals surface area contributed by atoms with Gasteiger partial charge in [0.2, 0.25) is 0 Å². The summed E-state index contributed by atoms with van der Waals surface area (Å²) in [6, 6.07) is -0.132. The van der Waals surface area contributed by atoms with Crippen molar-refractivity contribution in [2.45, 2.75) is 63.8 Å². The van der Waals surface area contributed by atoms with Crippen LogP contribution in [0.25, 0.3) is 22.3 Å². The summed E-state index contributed by atoms with van der Waals surface area (Å²) >= 11 is 0. The van der Waals surface area contributed by atoms with Crippen LogP contribution in [0.5, 0.6) is 0 Å². The lowest BCUT2D eigenvalue weighted by Gasteiger charge is -2.24. The van der Waals surface area contributed by atoms with Gasteiger partial charge in [0.05, 0.1) is 38.1 Å². The van der Waals surface area contributed by atoms with Crippen molar-refractivity contribution in [2.75, 3.05) is 37.9 Å². The molecule has 0 spiro atoms. The van der Waals surface area contributed by atoms with Crippen LogP contribution < -0.4 is 10.6 Å². The Morgan fingerprint density at radius 1 is 0.820 bits per heavy atom. The fraction of sp³-hybridized carbons (Fsp3) is 0.643. The van der Waals surface area contributed by atoms with E-state index in [-0.39, 0.29) is 43.1 Å². The number of aliphatic hydroxyl groups is 2. The van der Waals surface area contributed by atoms with Crippen molar-refractivity contribution in [3.8, 4) is 0 Å². The van der Waals surface area contributed by atoms with Crippen LogP contribution in [0, 0.1) is 36.5 Å². The van der Waals surface area contributed by atoms with Gasteiger partial charge in [-0.1, -0.05) is 0 Å². The number of nitrogens with one attached hydrogen (secondary N) is 2. The van der Waals surface area contributed by atoms with Crippen molar-refractivity contribution in [1.29, 1.82) is 0 Å². The third-order valence-corrected chi connectivity index (χ3v) is 11.8. The van der Waals surface area contributed by atoms with Crippen molar-refractivity contribution < 1.29 is 48.0 Å². The molecule has 0 bridgehead atoms. The topological polar surface area (TPSA) is 285 Å². The zero-order chi connectivity index (χ0) is 36.0. The quantitative estimate of drug-likeness (QED) is 0.106. The predicted octanol–water partition coefficient (Wildman–Crippen LogP) is 1.20. The summed E-state index contributed by atoms with van der Waals surface area (Å²) in [6.45, 7) is 3.28. The molecule has 8 atom stereocenters. The van der Waals surface area contributed by atoms with Gasteiger partial charge in [-0.3, -0.25) is 9.05 Å². The zero-order valence-corrected chi connectivity index (χ0v) is 29.4. The molecule has 0 saturated heterocycles. The molecule has 4 fully saturated rings. The van der Waals surface area contributed by atoms with E-state index in [1.54, 1.807) is 31.2 Å². The van der Waals surface area contributed by atoms with Gasteiger partial charge in [-0.05, 0) is 51.4 Å². The number of aryl methyl sites for hydroxylation is 2. The number of fused-ring (bicyclic) bond motifs is 4. The highest BCUT2D eigenvalue weighted by atomic mass is 31.2. The summed E-state index contributed by atoms with van der Waals surface area (Å²) < 4.78 is 36.1. The number of rotatable bonds is 10. The summed E-state index contributed by atoms with van der Waals surface area (Å²) in [7, 11) is -6.03. The van der Waals surface area contributed by atoms with E-state index in [0.29, 0.717) is 47.4 Å². The van der Waals surface area contributed by atoms with E-state index >= 15 is 0 Å². The number of hydrogen-bond acceptors (Lipinski definition) is 14. The lowest BCUT2D eigenvalue weighted by atomic mass is 10.0. The highest BCUT2D eigenvalue weighted by Gasteiger charge is 2.70. The molecule has 0 amide bonds. The van der Waals surface area contributed by atoms with Crippen LogP contribution in [0.3, 0.4) is 0 Å². The largest absolute Gasteiger partial charge is 0.469 e. The molecule has 272 valence electrons. The third-order valence-electron chi connectivity index (χ3n) is 10.8. The Morgan fingerprint density at radius 3 is 1.76 bits per heavy atom. The van der Waals surface area contributed by atoms with Crippen LogP contribution in [0.15, 0.2) is 12.7 Å². The van der Waals surface area contributed by atoms with Gasteiger partial charge in [0, 0.05) is 37.0 Å². The number of imidazole rings is 2. The third kappa shape index (κ3) is 6.00. The lowest BCUT2D eigenvalue weighted by molar-refractivity contribution is 0.0498. The van der Waals surface area contributed by atoms with Crippen molar-refractivity contribution in [3.05, 3.63) is 24.3 Å². The van der Waals surface area contributed by atoms with Gasteiger partial charge in [0.1, 0.15) is 22.7 Å². The molecule has 4 aromatic heterocycles. The Bertz CT molecular complexity index is 2050. The van der Waals surface area contributed by atoms with Gasteiger partial charge in [-0.15, -0.1) is 0 Å². The summed E-state index contributed by atoms with van der Waals surface area (Å²) in [6.07, 6.45) is 4.15. The number of aliphatic hydroxyl groups excluding tert-OH is 2. The fourth-order valence-electron chi connectivity index (χ4n) is 8.30. The van der Waals surface area contributed by atoms with Crippen molar-refractivity contribution >= 4 is 49.6 Å². The average molecular weight is 739 g/mol. The molecule has 4 aromatic rings. The first-order chi connectivity index (χ1) is 23.5. The molecule has 4 heterocycles.